The van der Waals surface area contributed by atoms with Gasteiger partial charge in [-0.15, -0.1) is 0 Å². The minimum absolute atomic E-state index is 0.417. The van der Waals surface area contributed by atoms with E-state index >= 15 is 0 Å². The summed E-state index contributed by atoms with van der Waals surface area (Å²) < 4.78 is 0. The van der Waals surface area contributed by atoms with Gasteiger partial charge in [-0.3, -0.25) is 0 Å². The number of halogens is 2. The van der Waals surface area contributed by atoms with Gasteiger partial charge in [0.05, 0.1) is 0 Å². The second kappa shape index (κ2) is 17.3. The average Bonchev–Trinajstić information content (AvgIpc) is 2.53. The summed E-state index contributed by atoms with van der Waals surface area (Å²) in [5.41, 5.74) is 6.03. The summed E-state index contributed by atoms with van der Waals surface area (Å²) in [5.74, 6) is 1.50. The Kier molecular flexibility index (Phi) is 22.1. The van der Waals surface area contributed by atoms with Gasteiger partial charge in [0.15, 0.2) is 0 Å². The van der Waals surface area contributed by atoms with Crippen LogP contribution in [0.1, 0.15) is 68.7 Å². The van der Waals surface area contributed by atoms with Crippen LogP contribution in [-0.2, 0) is 41.2 Å². The van der Waals surface area contributed by atoms with Crippen molar-refractivity contribution >= 4 is 44.3 Å². The summed E-state index contributed by atoms with van der Waals surface area (Å²) in [5, 5.41) is 0.833. The van der Waals surface area contributed by atoms with Crippen molar-refractivity contribution in [2.45, 2.75) is 79.2 Å². The summed E-state index contributed by atoms with van der Waals surface area (Å²) in [6.45, 7) is 19.1. The fraction of sp³-hybridized carbons (Fsp3) is 0.706. The molecule has 0 fully saturated rings. The molecule has 0 N–H and O–H groups in total. The van der Waals surface area contributed by atoms with Gasteiger partial charge in [-0.05, 0) is 38.3 Å². The molecule has 1 radical (unpaired) electrons. The predicted octanol–water partition coefficient (Wildman–Crippen LogP) is 6.92. The van der Waals surface area contributed by atoms with E-state index < -0.39 is 15.9 Å². The Labute approximate surface area is 166 Å². The van der Waals surface area contributed by atoms with Gasteiger partial charge in [0, 0.05) is 5.92 Å². The van der Waals surface area contributed by atoms with E-state index in [2.05, 4.69) is 59.9 Å². The Balaban J connectivity index is -0.000000273. The van der Waals surface area contributed by atoms with Gasteiger partial charge in [-0.25, -0.2) is 0 Å². The summed E-state index contributed by atoms with van der Waals surface area (Å²) in [6, 6.07) is 0. The first-order valence-electron chi connectivity index (χ1n) is 7.38. The molecule has 0 aromatic heterocycles. The van der Waals surface area contributed by atoms with Gasteiger partial charge in [-0.1, -0.05) is 52.7 Å². The van der Waals surface area contributed by atoms with Crippen molar-refractivity contribution in [3.8, 4) is 0 Å². The van der Waals surface area contributed by atoms with Crippen LogP contribution in [-0.4, -0.2) is 10.5 Å². The van der Waals surface area contributed by atoms with Crippen LogP contribution in [0.4, 0.5) is 0 Å². The maximum absolute atomic E-state index is 4.92. The zero-order chi connectivity index (χ0) is 18.5. The molecule has 0 saturated heterocycles. The van der Waals surface area contributed by atoms with Crippen LogP contribution in [0, 0.1) is 5.92 Å². The molecule has 0 atom stereocenters. The molecular weight excluding hydrogens is 525 g/mol. The predicted molar refractivity (Wildman–Crippen MR) is 107 cm³/mol. The summed E-state index contributed by atoms with van der Waals surface area (Å²) in [6.07, 6.45) is 1.17. The average molecular weight is 557 g/mol. The molecule has 134 valence electrons. The molecule has 0 heterocycles. The number of hydrogen-bond acceptors (Lipinski definition) is 2. The molecule has 5 heteroatoms. The van der Waals surface area contributed by atoms with Crippen LogP contribution in [0.5, 0.6) is 0 Å². The molecule has 0 spiro atoms. The van der Waals surface area contributed by atoms with Gasteiger partial charge in [-0.2, -0.15) is 10.5 Å². The van der Waals surface area contributed by atoms with Crippen LogP contribution < -0.4 is 0 Å². The standard InChI is InChI=1S/C11H17.2C3H8S.2ClH.Re/c1-6-11-9(4)7(2)8(3)10(11)5;2*1-3(2)4;;;/h6H2,1-5H3;2*3-4H,1-2H3;2*1H;/q;;;;;+2/p-4. The quantitative estimate of drug-likeness (QED) is 0.322. The third kappa shape index (κ3) is 16.3. The van der Waals surface area contributed by atoms with E-state index in [1.807, 2.05) is 27.7 Å². The van der Waals surface area contributed by atoms with Gasteiger partial charge in [0.2, 0.25) is 0 Å². The van der Waals surface area contributed by atoms with Crippen LogP contribution in [0.15, 0.2) is 22.3 Å². The summed E-state index contributed by atoms with van der Waals surface area (Å²) in [7, 11) is 9.83. The van der Waals surface area contributed by atoms with E-state index in [-0.39, 0.29) is 0 Å². The first-order valence-corrected chi connectivity index (χ1v) is 15.1. The molecule has 0 saturated carbocycles. The zero-order valence-electron chi connectivity index (χ0n) is 15.3. The molecule has 0 bridgehead atoms. The molecule has 1 aliphatic rings. The molecule has 0 aliphatic heterocycles. The van der Waals surface area contributed by atoms with Crippen molar-refractivity contribution in [2.75, 3.05) is 0 Å². The van der Waals surface area contributed by atoms with Crippen molar-refractivity contribution in [2.24, 2.45) is 0 Å². The Bertz CT molecular complexity index is 326. The SMILES string of the molecule is CC(C)[S-].CC(C)[S-].CCC1=C(C)C(C)=C(C)[C]1C.[Cl][Re][Cl]. The second-order valence-corrected chi connectivity index (χ2v) is 11.3. The Hall–Kier alpha value is 1.42. The summed E-state index contributed by atoms with van der Waals surface area (Å²) >= 11 is 8.52. The van der Waals surface area contributed by atoms with Gasteiger partial charge in [0.25, 0.3) is 0 Å². The zero-order valence-corrected chi connectivity index (χ0v) is 21.2. The second-order valence-electron chi connectivity index (χ2n) is 5.48. The molecule has 0 unspecified atom stereocenters. The van der Waals surface area contributed by atoms with Gasteiger partial charge in [0.1, 0.15) is 0 Å². The van der Waals surface area contributed by atoms with E-state index in [9.17, 15) is 0 Å². The van der Waals surface area contributed by atoms with E-state index in [4.69, 9.17) is 19.1 Å². The minimum atomic E-state index is -0.722. The van der Waals surface area contributed by atoms with Crippen LogP contribution >= 0.6 is 19.1 Å². The monoisotopic (exact) mass is 556 g/mol. The van der Waals surface area contributed by atoms with E-state index in [0.29, 0.717) is 10.5 Å². The molecule has 0 amide bonds. The number of allylic oxidation sites excluding steroid dienone is 4. The molecule has 22 heavy (non-hydrogen) atoms. The van der Waals surface area contributed by atoms with Crippen molar-refractivity contribution in [3.63, 3.8) is 0 Å². The third-order valence-corrected chi connectivity index (χ3v) is 2.95. The topological polar surface area (TPSA) is 0 Å². The maximum atomic E-state index is 4.92. The fourth-order valence-electron chi connectivity index (χ4n) is 1.83. The number of rotatable bonds is 1. The van der Waals surface area contributed by atoms with E-state index in [1.54, 1.807) is 5.57 Å². The first kappa shape index (κ1) is 28.2. The summed E-state index contributed by atoms with van der Waals surface area (Å²) in [4.78, 5) is 0. The third-order valence-electron chi connectivity index (χ3n) is 2.95. The Morgan fingerprint density at radius 2 is 1.09 bits per heavy atom. The molecule has 0 nitrogen and oxygen atoms in total. The van der Waals surface area contributed by atoms with Crippen LogP contribution in [0.3, 0.4) is 0 Å². The van der Waals surface area contributed by atoms with Crippen molar-refractivity contribution in [3.05, 3.63) is 28.2 Å². The molecule has 1 rings (SSSR count). The van der Waals surface area contributed by atoms with Crippen molar-refractivity contribution in [1.82, 2.24) is 0 Å². The molecular formula is C17H31Cl2ReS2-2. The number of hydrogen-bond donors (Lipinski definition) is 0. The van der Waals surface area contributed by atoms with E-state index in [0.717, 1.165) is 0 Å². The van der Waals surface area contributed by atoms with Crippen LogP contribution in [0.25, 0.3) is 0 Å². The molecule has 0 aromatic carbocycles. The van der Waals surface area contributed by atoms with Crippen LogP contribution in [0.2, 0.25) is 0 Å². The normalized spacial score (nSPS) is 14.3. The molecule has 0 aromatic rings. The Morgan fingerprint density at radius 3 is 1.18 bits per heavy atom. The first-order chi connectivity index (χ1) is 9.97. The van der Waals surface area contributed by atoms with Crippen molar-refractivity contribution in [1.29, 1.82) is 0 Å². The van der Waals surface area contributed by atoms with E-state index in [1.165, 1.54) is 29.1 Å². The van der Waals surface area contributed by atoms with Gasteiger partial charge >= 0.3 is 35.0 Å². The van der Waals surface area contributed by atoms with Gasteiger partial charge < -0.3 is 25.3 Å². The molecule has 1 aliphatic carbocycles. The van der Waals surface area contributed by atoms with Crippen molar-refractivity contribution < 1.29 is 15.9 Å². The fourth-order valence-corrected chi connectivity index (χ4v) is 1.83. The Morgan fingerprint density at radius 1 is 0.818 bits per heavy atom.